The molecule has 6 rings (SSSR count). The Morgan fingerprint density at radius 2 is 1.83 bits per heavy atom. The fourth-order valence-electron chi connectivity index (χ4n) is 5.00. The third-order valence-corrected chi connectivity index (χ3v) is 7.20. The molecule has 2 aliphatic rings. The summed E-state index contributed by atoms with van der Waals surface area (Å²) in [7, 11) is 1.72. The highest BCUT2D eigenvalue weighted by Gasteiger charge is 2.25. The average Bonchev–Trinajstić information content (AvgIpc) is 3.22. The van der Waals surface area contributed by atoms with E-state index in [0.717, 1.165) is 78.9 Å². The van der Waals surface area contributed by atoms with Crippen molar-refractivity contribution in [3.8, 4) is 5.75 Å². The van der Waals surface area contributed by atoms with Crippen LogP contribution in [0.5, 0.6) is 5.75 Å². The number of H-pyrrole nitrogens is 1. The van der Waals surface area contributed by atoms with E-state index in [-0.39, 0.29) is 0 Å². The van der Waals surface area contributed by atoms with Gasteiger partial charge in [0.15, 0.2) is 0 Å². The zero-order valence-electron chi connectivity index (χ0n) is 19.7. The number of anilines is 2. The Morgan fingerprint density at radius 3 is 2.69 bits per heavy atom. The predicted molar refractivity (Wildman–Crippen MR) is 144 cm³/mol. The third kappa shape index (κ3) is 4.35. The summed E-state index contributed by atoms with van der Waals surface area (Å²) in [6.07, 6.45) is 3.14. The minimum Gasteiger partial charge on any atom is -0.497 e. The van der Waals surface area contributed by atoms with Crippen molar-refractivity contribution < 1.29 is 4.74 Å². The number of hydrogen-bond acceptors (Lipinski definition) is 5. The Balaban J connectivity index is 1.17. The first-order valence-electron chi connectivity index (χ1n) is 12.0. The Morgan fingerprint density at radius 1 is 0.971 bits per heavy atom. The van der Waals surface area contributed by atoms with E-state index in [1.165, 1.54) is 10.9 Å². The number of amidine groups is 1. The van der Waals surface area contributed by atoms with Crippen molar-refractivity contribution in [3.63, 3.8) is 0 Å². The molecule has 1 fully saturated rings. The van der Waals surface area contributed by atoms with Crippen LogP contribution < -0.4 is 10.1 Å². The number of ether oxygens (including phenoxy) is 1. The first-order valence-corrected chi connectivity index (χ1v) is 12.4. The largest absolute Gasteiger partial charge is 0.497 e. The Hall–Kier alpha value is -3.48. The number of para-hydroxylation sites is 1. The predicted octanol–water partition coefficient (Wildman–Crippen LogP) is 5.83. The standard InChI is InChI=1S/C28H28ClN5O/c1-35-21-7-9-24-23(17-21)19(18-30-24)10-11-33-12-14-34(15-13-33)28-22-4-2-3-5-25(22)31-26-8-6-20(29)16-27(26)32-28/h2-9,16-18,30-31H,10-15H2,1H3. The van der Waals surface area contributed by atoms with E-state index in [4.69, 9.17) is 21.3 Å². The number of rotatable bonds is 4. The number of aliphatic imine (C=N–C) groups is 1. The lowest BCUT2D eigenvalue weighted by Gasteiger charge is -2.36. The van der Waals surface area contributed by atoms with E-state index >= 15 is 0 Å². The average molecular weight is 486 g/mol. The van der Waals surface area contributed by atoms with E-state index in [2.05, 4.69) is 62.7 Å². The summed E-state index contributed by atoms with van der Waals surface area (Å²) in [6.45, 7) is 4.90. The number of aromatic amines is 1. The maximum absolute atomic E-state index is 6.30. The fraction of sp³-hybridized carbons (Fsp3) is 0.250. The van der Waals surface area contributed by atoms with Crippen LogP contribution in [0.3, 0.4) is 0 Å². The number of halogens is 1. The Labute approximate surface area is 210 Å². The molecule has 0 radical (unpaired) electrons. The van der Waals surface area contributed by atoms with E-state index in [0.29, 0.717) is 5.02 Å². The molecule has 1 saturated heterocycles. The van der Waals surface area contributed by atoms with Gasteiger partial charge in [0.05, 0.1) is 18.5 Å². The minimum atomic E-state index is 0.694. The van der Waals surface area contributed by atoms with Crippen LogP contribution in [0.25, 0.3) is 10.9 Å². The summed E-state index contributed by atoms with van der Waals surface area (Å²) < 4.78 is 5.42. The first-order chi connectivity index (χ1) is 17.2. The molecule has 0 atom stereocenters. The quantitative estimate of drug-likeness (QED) is 0.382. The maximum Gasteiger partial charge on any atom is 0.138 e. The van der Waals surface area contributed by atoms with E-state index in [1.54, 1.807) is 7.11 Å². The monoisotopic (exact) mass is 485 g/mol. The first kappa shape index (κ1) is 22.0. The maximum atomic E-state index is 6.30. The van der Waals surface area contributed by atoms with Crippen molar-refractivity contribution in [2.45, 2.75) is 6.42 Å². The molecule has 35 heavy (non-hydrogen) atoms. The minimum absolute atomic E-state index is 0.694. The molecule has 0 saturated carbocycles. The third-order valence-electron chi connectivity index (χ3n) is 6.97. The molecule has 2 N–H and O–H groups in total. The molecule has 1 aromatic heterocycles. The molecule has 2 aliphatic heterocycles. The molecule has 0 aliphatic carbocycles. The molecular formula is C28H28ClN5O. The van der Waals surface area contributed by atoms with Crippen LogP contribution in [0.15, 0.2) is 71.9 Å². The number of aromatic nitrogens is 1. The van der Waals surface area contributed by atoms with E-state index in [9.17, 15) is 0 Å². The van der Waals surface area contributed by atoms with Gasteiger partial charge < -0.3 is 19.9 Å². The van der Waals surface area contributed by atoms with Gasteiger partial charge in [-0.1, -0.05) is 23.7 Å². The molecule has 0 spiro atoms. The molecular weight excluding hydrogens is 458 g/mol. The second-order valence-corrected chi connectivity index (χ2v) is 9.51. The molecule has 7 heteroatoms. The van der Waals surface area contributed by atoms with Gasteiger partial charge in [-0.25, -0.2) is 4.99 Å². The number of nitrogens with zero attached hydrogens (tertiary/aromatic N) is 3. The molecule has 178 valence electrons. The van der Waals surface area contributed by atoms with E-state index < -0.39 is 0 Å². The van der Waals surface area contributed by atoms with Gasteiger partial charge in [-0.3, -0.25) is 4.90 Å². The lowest BCUT2D eigenvalue weighted by molar-refractivity contribution is 0.184. The lowest BCUT2D eigenvalue weighted by Crippen LogP contribution is -2.49. The molecule has 0 amide bonds. The van der Waals surface area contributed by atoms with E-state index in [1.807, 2.05) is 24.3 Å². The van der Waals surface area contributed by atoms with Gasteiger partial charge in [-0.2, -0.15) is 0 Å². The highest BCUT2D eigenvalue weighted by molar-refractivity contribution is 6.31. The summed E-state index contributed by atoms with van der Waals surface area (Å²) in [4.78, 5) is 13.4. The van der Waals surface area contributed by atoms with Crippen LogP contribution >= 0.6 is 11.6 Å². The molecule has 0 unspecified atom stereocenters. The normalized spacial score (nSPS) is 15.7. The van der Waals surface area contributed by atoms with Crippen molar-refractivity contribution in [2.24, 2.45) is 4.99 Å². The van der Waals surface area contributed by atoms with Crippen molar-refractivity contribution in [1.82, 2.24) is 14.8 Å². The number of nitrogens with one attached hydrogen (secondary N) is 2. The summed E-state index contributed by atoms with van der Waals surface area (Å²) >= 11 is 6.30. The number of benzene rings is 3. The SMILES string of the molecule is COc1ccc2[nH]cc(CCN3CCN(C4=Nc5cc(Cl)ccc5Nc5ccccc54)CC3)c2c1. The van der Waals surface area contributed by atoms with Gasteiger partial charge in [-0.15, -0.1) is 0 Å². The van der Waals surface area contributed by atoms with Gasteiger partial charge in [0.25, 0.3) is 0 Å². The summed E-state index contributed by atoms with van der Waals surface area (Å²) in [6, 6.07) is 20.4. The van der Waals surface area contributed by atoms with Crippen molar-refractivity contribution >= 4 is 45.4 Å². The van der Waals surface area contributed by atoms with Crippen molar-refractivity contribution in [3.05, 3.63) is 83.0 Å². The second-order valence-electron chi connectivity index (χ2n) is 9.07. The zero-order chi connectivity index (χ0) is 23.8. The number of methoxy groups -OCH3 is 1. The van der Waals surface area contributed by atoms with Gasteiger partial charge in [-0.05, 0) is 60.5 Å². The van der Waals surface area contributed by atoms with Crippen LogP contribution in [0, 0.1) is 0 Å². The molecule has 0 bridgehead atoms. The van der Waals surface area contributed by atoms with Crippen LogP contribution in [0.1, 0.15) is 11.1 Å². The van der Waals surface area contributed by atoms with Gasteiger partial charge in [0, 0.05) is 66.1 Å². The topological polar surface area (TPSA) is 55.9 Å². The molecule has 4 aromatic rings. The fourth-order valence-corrected chi connectivity index (χ4v) is 5.17. The highest BCUT2D eigenvalue weighted by atomic mass is 35.5. The van der Waals surface area contributed by atoms with Crippen LogP contribution in [0.4, 0.5) is 17.1 Å². The Bertz CT molecular complexity index is 1400. The van der Waals surface area contributed by atoms with Gasteiger partial charge in [0.1, 0.15) is 11.6 Å². The number of hydrogen-bond donors (Lipinski definition) is 2. The van der Waals surface area contributed by atoms with Crippen molar-refractivity contribution in [2.75, 3.05) is 45.2 Å². The molecule has 6 nitrogen and oxygen atoms in total. The van der Waals surface area contributed by atoms with Gasteiger partial charge >= 0.3 is 0 Å². The van der Waals surface area contributed by atoms with Crippen molar-refractivity contribution in [1.29, 1.82) is 0 Å². The lowest BCUT2D eigenvalue weighted by atomic mass is 10.1. The summed E-state index contributed by atoms with van der Waals surface area (Å²) in [5.41, 5.74) is 6.55. The smallest absolute Gasteiger partial charge is 0.138 e. The van der Waals surface area contributed by atoms with Crippen LogP contribution in [-0.2, 0) is 6.42 Å². The Kier molecular flexibility index (Phi) is 5.84. The zero-order valence-corrected chi connectivity index (χ0v) is 20.5. The highest BCUT2D eigenvalue weighted by Crippen LogP contribution is 2.36. The summed E-state index contributed by atoms with van der Waals surface area (Å²) in [5, 5.41) is 5.49. The number of fused-ring (bicyclic) bond motifs is 3. The van der Waals surface area contributed by atoms with Gasteiger partial charge in [0.2, 0.25) is 0 Å². The number of piperazine rings is 1. The second kappa shape index (κ2) is 9.29. The molecule has 3 heterocycles. The van der Waals surface area contributed by atoms with Crippen LogP contribution in [-0.4, -0.2) is 60.5 Å². The summed E-state index contributed by atoms with van der Waals surface area (Å²) in [5.74, 6) is 1.91. The van der Waals surface area contributed by atoms with Crippen LogP contribution in [0.2, 0.25) is 5.02 Å². The molecule has 3 aromatic carbocycles.